The van der Waals surface area contributed by atoms with Gasteiger partial charge >= 0.3 is 5.97 Å². The lowest BCUT2D eigenvalue weighted by molar-refractivity contribution is 0.0600. The summed E-state index contributed by atoms with van der Waals surface area (Å²) in [4.78, 5) is 12.7. The van der Waals surface area contributed by atoms with Gasteiger partial charge in [0.1, 0.15) is 5.76 Å². The minimum absolute atomic E-state index is 0.0257. The summed E-state index contributed by atoms with van der Waals surface area (Å²) in [5.74, 6) is 0.0733. The van der Waals surface area contributed by atoms with Gasteiger partial charge in [0, 0.05) is 16.0 Å². The fourth-order valence-corrected chi connectivity index (χ4v) is 6.16. The number of hydrogen-bond donors (Lipinski definition) is 1. The fourth-order valence-electron chi connectivity index (χ4n) is 3.99. The molecular formula is C25H21FN2O5S2. The van der Waals surface area contributed by atoms with Crippen molar-refractivity contribution in [1.82, 2.24) is 5.16 Å². The molecule has 10 heteroatoms. The van der Waals surface area contributed by atoms with Gasteiger partial charge in [-0.1, -0.05) is 23.4 Å². The number of esters is 1. The van der Waals surface area contributed by atoms with Crippen molar-refractivity contribution in [3.8, 4) is 21.6 Å². The van der Waals surface area contributed by atoms with Crippen molar-refractivity contribution in [1.29, 1.82) is 0 Å². The molecule has 0 atom stereocenters. The first-order valence-corrected chi connectivity index (χ1v) is 13.1. The number of carbonyl (C=O) groups excluding carboxylic acids is 1. The van der Waals surface area contributed by atoms with Crippen LogP contribution in [0.4, 0.5) is 10.1 Å². The monoisotopic (exact) mass is 512 g/mol. The predicted molar refractivity (Wildman–Crippen MR) is 131 cm³/mol. The van der Waals surface area contributed by atoms with Crippen LogP contribution in [0.2, 0.25) is 0 Å². The van der Waals surface area contributed by atoms with Crippen LogP contribution in [0.1, 0.15) is 40.4 Å². The molecule has 35 heavy (non-hydrogen) atoms. The molecule has 4 aromatic rings. The number of sulfonamides is 1. The van der Waals surface area contributed by atoms with E-state index in [2.05, 4.69) is 9.88 Å². The zero-order valence-corrected chi connectivity index (χ0v) is 20.5. The maximum absolute atomic E-state index is 13.8. The van der Waals surface area contributed by atoms with Crippen molar-refractivity contribution in [3.05, 3.63) is 76.7 Å². The molecule has 0 spiro atoms. The number of benzene rings is 2. The second-order valence-corrected chi connectivity index (χ2v) is 11.0. The molecule has 7 nitrogen and oxygen atoms in total. The molecule has 5 rings (SSSR count). The molecule has 2 aromatic carbocycles. The number of anilines is 1. The summed E-state index contributed by atoms with van der Waals surface area (Å²) in [5, 5.41) is 3.42. The van der Waals surface area contributed by atoms with Gasteiger partial charge in [-0.25, -0.2) is 13.2 Å². The van der Waals surface area contributed by atoms with E-state index in [4.69, 9.17) is 9.26 Å². The van der Waals surface area contributed by atoms with Crippen molar-refractivity contribution in [2.24, 2.45) is 0 Å². The van der Waals surface area contributed by atoms with Gasteiger partial charge in [-0.05, 0) is 67.1 Å². The van der Waals surface area contributed by atoms with E-state index in [1.54, 1.807) is 49.5 Å². The van der Waals surface area contributed by atoms with Crippen LogP contribution < -0.4 is 4.72 Å². The molecule has 0 saturated heterocycles. The minimum atomic E-state index is -4.12. The van der Waals surface area contributed by atoms with E-state index >= 15 is 0 Å². The average Bonchev–Trinajstić information content (AvgIpc) is 3.46. The first-order valence-electron chi connectivity index (χ1n) is 10.8. The highest BCUT2D eigenvalue weighted by Gasteiger charge is 2.32. The van der Waals surface area contributed by atoms with Gasteiger partial charge in [0.25, 0.3) is 10.0 Å². The van der Waals surface area contributed by atoms with E-state index in [1.807, 2.05) is 0 Å². The Kier molecular flexibility index (Phi) is 5.94. The predicted octanol–water partition coefficient (Wildman–Crippen LogP) is 5.98. The molecule has 1 aliphatic carbocycles. The number of nitrogens with one attached hydrogen (secondary N) is 1. The van der Waals surface area contributed by atoms with E-state index in [9.17, 15) is 17.6 Å². The Morgan fingerprint density at radius 1 is 1.14 bits per heavy atom. The van der Waals surface area contributed by atoms with E-state index in [-0.39, 0.29) is 27.2 Å². The molecule has 1 saturated carbocycles. The SMILES string of the molecule is COC(=O)c1ccc(C2CC2)c(S(=O)(=O)Nc2cc(-c3cnoc3C)ccc2-c2ccc(F)s2)c1. The van der Waals surface area contributed by atoms with Gasteiger partial charge in [0.15, 0.2) is 5.13 Å². The highest BCUT2D eigenvalue weighted by atomic mass is 32.2. The summed E-state index contributed by atoms with van der Waals surface area (Å²) in [6.07, 6.45) is 3.31. The number of ether oxygens (including phenoxy) is 1. The van der Waals surface area contributed by atoms with Crippen LogP contribution >= 0.6 is 11.3 Å². The zero-order chi connectivity index (χ0) is 24.7. The number of methoxy groups -OCH3 is 1. The van der Waals surface area contributed by atoms with Crippen molar-refractivity contribution in [2.75, 3.05) is 11.8 Å². The highest BCUT2D eigenvalue weighted by molar-refractivity contribution is 7.92. The van der Waals surface area contributed by atoms with E-state index in [1.165, 1.54) is 19.2 Å². The van der Waals surface area contributed by atoms with Crippen molar-refractivity contribution in [2.45, 2.75) is 30.6 Å². The Hall–Kier alpha value is -3.50. The van der Waals surface area contributed by atoms with Crippen molar-refractivity contribution >= 4 is 33.0 Å². The highest BCUT2D eigenvalue weighted by Crippen LogP contribution is 2.44. The third-order valence-electron chi connectivity index (χ3n) is 5.91. The van der Waals surface area contributed by atoms with Gasteiger partial charge < -0.3 is 9.26 Å². The first kappa shape index (κ1) is 23.3. The number of thiophene rings is 1. The Morgan fingerprint density at radius 3 is 2.57 bits per heavy atom. The summed E-state index contributed by atoms with van der Waals surface area (Å²) >= 11 is 0.917. The molecule has 0 radical (unpaired) electrons. The average molecular weight is 513 g/mol. The smallest absolute Gasteiger partial charge is 0.337 e. The minimum Gasteiger partial charge on any atom is -0.465 e. The number of rotatable bonds is 7. The van der Waals surface area contributed by atoms with Crippen molar-refractivity contribution < 1.29 is 26.9 Å². The van der Waals surface area contributed by atoms with Crippen LogP contribution in [0.15, 0.2) is 64.1 Å². The fraction of sp³-hybridized carbons (Fsp3) is 0.200. The van der Waals surface area contributed by atoms with Crippen LogP contribution in [0.5, 0.6) is 0 Å². The molecule has 0 aliphatic heterocycles. The van der Waals surface area contributed by atoms with Crippen LogP contribution in [-0.4, -0.2) is 26.7 Å². The maximum Gasteiger partial charge on any atom is 0.337 e. The molecule has 2 aromatic heterocycles. The summed E-state index contributed by atoms with van der Waals surface area (Å²) in [6.45, 7) is 1.76. The van der Waals surface area contributed by atoms with Crippen LogP contribution in [0, 0.1) is 12.1 Å². The molecule has 0 bridgehead atoms. The lowest BCUT2D eigenvalue weighted by atomic mass is 10.0. The number of nitrogens with zero attached hydrogens (tertiary/aromatic N) is 1. The number of hydrogen-bond acceptors (Lipinski definition) is 7. The topological polar surface area (TPSA) is 98.5 Å². The summed E-state index contributed by atoms with van der Waals surface area (Å²) < 4.78 is 53.9. The largest absolute Gasteiger partial charge is 0.465 e. The molecule has 1 fully saturated rings. The lowest BCUT2D eigenvalue weighted by Crippen LogP contribution is -2.17. The Balaban J connectivity index is 1.63. The quantitative estimate of drug-likeness (QED) is 0.306. The third kappa shape index (κ3) is 4.59. The molecular weight excluding hydrogens is 491 g/mol. The van der Waals surface area contributed by atoms with Crippen LogP contribution in [-0.2, 0) is 14.8 Å². The summed E-state index contributed by atoms with van der Waals surface area (Å²) in [7, 11) is -2.87. The van der Waals surface area contributed by atoms with Gasteiger partial charge in [-0.15, -0.1) is 11.3 Å². The second kappa shape index (κ2) is 8.94. The standard InChI is InChI=1S/C25H21FN2O5S2/c1-14-20(13-27-33-14)16-5-8-19(22-9-10-24(26)34-22)21(11-16)28-35(30,31)23-12-17(25(29)32-2)6-7-18(23)15-3-4-15/h5-13,15,28H,3-4H2,1-2H3. The Bertz CT molecular complexity index is 1540. The van der Waals surface area contributed by atoms with Crippen LogP contribution in [0.25, 0.3) is 21.6 Å². The van der Waals surface area contributed by atoms with Crippen molar-refractivity contribution in [3.63, 3.8) is 0 Å². The zero-order valence-electron chi connectivity index (χ0n) is 18.9. The van der Waals surface area contributed by atoms with E-state index in [0.717, 1.165) is 24.2 Å². The summed E-state index contributed by atoms with van der Waals surface area (Å²) in [6, 6.07) is 12.7. The van der Waals surface area contributed by atoms with Gasteiger partial charge in [-0.2, -0.15) is 4.39 Å². The molecule has 0 unspecified atom stereocenters. The van der Waals surface area contributed by atoms with Gasteiger partial charge in [-0.3, -0.25) is 4.72 Å². The number of halogens is 1. The van der Waals surface area contributed by atoms with Crippen LogP contribution in [0.3, 0.4) is 0 Å². The molecule has 1 aliphatic rings. The number of carbonyl (C=O) groups is 1. The normalized spacial score (nSPS) is 13.6. The van der Waals surface area contributed by atoms with E-state index in [0.29, 0.717) is 32.9 Å². The number of aryl methyl sites for hydroxylation is 1. The maximum atomic E-state index is 13.8. The summed E-state index contributed by atoms with van der Waals surface area (Å²) in [5.41, 5.74) is 2.99. The third-order valence-corrected chi connectivity index (χ3v) is 8.23. The molecule has 1 N–H and O–H groups in total. The molecule has 180 valence electrons. The van der Waals surface area contributed by atoms with Gasteiger partial charge in [0.2, 0.25) is 0 Å². The molecule has 0 amide bonds. The van der Waals surface area contributed by atoms with Gasteiger partial charge in [0.05, 0.1) is 29.5 Å². The Labute approximate surface area is 205 Å². The second-order valence-electron chi connectivity index (χ2n) is 8.28. The van der Waals surface area contributed by atoms with E-state index < -0.39 is 16.0 Å². The first-order chi connectivity index (χ1) is 16.8. The Morgan fingerprint density at radius 2 is 1.94 bits per heavy atom. The lowest BCUT2D eigenvalue weighted by Gasteiger charge is -2.16. The molecule has 2 heterocycles. The number of aromatic nitrogens is 1.